The number of sulfone groups is 1. The molecule has 0 fully saturated rings. The van der Waals surface area contributed by atoms with Crippen molar-refractivity contribution >= 4 is 32.8 Å². The molecule has 0 bridgehead atoms. The third-order valence-electron chi connectivity index (χ3n) is 4.96. The van der Waals surface area contributed by atoms with Gasteiger partial charge >= 0.3 is 5.97 Å². The van der Waals surface area contributed by atoms with Crippen molar-refractivity contribution in [2.75, 3.05) is 6.26 Å². The summed E-state index contributed by atoms with van der Waals surface area (Å²) in [6, 6.07) is 18.3. The van der Waals surface area contributed by atoms with Gasteiger partial charge in [0.2, 0.25) is 0 Å². The van der Waals surface area contributed by atoms with Gasteiger partial charge in [0.25, 0.3) is 0 Å². The van der Waals surface area contributed by atoms with Crippen molar-refractivity contribution in [1.29, 1.82) is 0 Å². The lowest BCUT2D eigenvalue weighted by molar-refractivity contribution is -0.496. The highest BCUT2D eigenvalue weighted by Gasteiger charge is 2.18. The van der Waals surface area contributed by atoms with Crippen molar-refractivity contribution in [3.05, 3.63) is 82.9 Å². The topological polar surface area (TPSA) is 124 Å². The number of aromatic carboxylic acids is 1. The summed E-state index contributed by atoms with van der Waals surface area (Å²) in [6.07, 6.45) is 1.15. The maximum atomic E-state index is 12.0. The number of nitrogens with two attached hydrogens (primary N) is 1. The average Bonchev–Trinajstić information content (AvgIpc) is 3.28. The number of hydrogen-bond donors (Lipinski definition) is 2. The maximum absolute atomic E-state index is 12.0. The Bertz CT molecular complexity index is 1410. The summed E-state index contributed by atoms with van der Waals surface area (Å²) in [5.41, 5.74) is 4.26. The number of nitrogens with zero attached hydrogens (tertiary/aromatic N) is 1. The van der Waals surface area contributed by atoms with E-state index < -0.39 is 15.8 Å². The van der Waals surface area contributed by atoms with Crippen LogP contribution in [0, 0.1) is 5.21 Å². The molecule has 1 aromatic heterocycles. The summed E-state index contributed by atoms with van der Waals surface area (Å²) >= 11 is 1.36. The van der Waals surface area contributed by atoms with Gasteiger partial charge in [0, 0.05) is 33.9 Å². The normalized spacial score (nSPS) is 11.4. The lowest BCUT2D eigenvalue weighted by atomic mass is 9.96. The van der Waals surface area contributed by atoms with E-state index in [1.165, 1.54) is 23.5 Å². The molecular formula is C23H18N2O5S2. The van der Waals surface area contributed by atoms with Crippen LogP contribution in [0.15, 0.2) is 77.0 Å². The molecular weight excluding hydrogens is 448 g/mol. The fourth-order valence-electron chi connectivity index (χ4n) is 3.35. The highest BCUT2D eigenvalue weighted by molar-refractivity contribution is 7.90. The van der Waals surface area contributed by atoms with Gasteiger partial charge in [-0.2, -0.15) is 0 Å². The largest absolute Gasteiger partial charge is 0.630 e. The molecule has 3 aromatic carbocycles. The second kappa shape index (κ2) is 8.64. The van der Waals surface area contributed by atoms with Crippen LogP contribution in [0.25, 0.3) is 33.0 Å². The minimum atomic E-state index is -3.28. The zero-order valence-corrected chi connectivity index (χ0v) is 18.5. The van der Waals surface area contributed by atoms with Crippen LogP contribution in [-0.2, 0) is 9.84 Å². The van der Waals surface area contributed by atoms with Gasteiger partial charge in [0.1, 0.15) is 10.7 Å². The molecule has 4 aromatic rings. The fraction of sp³-hybridized carbons (Fsp3) is 0.0435. The minimum Gasteiger partial charge on any atom is -0.630 e. The van der Waals surface area contributed by atoms with Crippen molar-refractivity contribution in [2.24, 2.45) is 0 Å². The Morgan fingerprint density at radius 3 is 2.34 bits per heavy atom. The Balaban J connectivity index is 1.72. The van der Waals surface area contributed by atoms with Crippen molar-refractivity contribution in [1.82, 2.24) is 4.98 Å². The number of carboxylic acids is 1. The van der Waals surface area contributed by atoms with Gasteiger partial charge in [-0.25, -0.2) is 18.2 Å². The molecule has 1 heterocycles. The first-order valence-corrected chi connectivity index (χ1v) is 12.2. The molecule has 0 spiro atoms. The SMILES string of the molecule is CS(=O)(=O)c1ccc(-c2csc(-c3ccc(-c4ccccc4[NH2+][O-])c(C(=O)O)c3)n2)cc1. The number of aromatic nitrogens is 1. The molecule has 0 aliphatic rings. The Morgan fingerprint density at radius 2 is 1.69 bits per heavy atom. The first-order chi connectivity index (χ1) is 15.3. The summed E-state index contributed by atoms with van der Waals surface area (Å²) < 4.78 is 23.3. The minimum absolute atomic E-state index is 0.0751. The molecule has 0 saturated heterocycles. The summed E-state index contributed by atoms with van der Waals surface area (Å²) in [4.78, 5) is 16.8. The van der Waals surface area contributed by atoms with Gasteiger partial charge in [-0.05, 0) is 30.3 Å². The second-order valence-electron chi connectivity index (χ2n) is 7.11. The van der Waals surface area contributed by atoms with Crippen LogP contribution < -0.4 is 5.48 Å². The molecule has 4 rings (SSSR count). The molecule has 9 heteroatoms. The van der Waals surface area contributed by atoms with Crippen molar-refractivity contribution in [2.45, 2.75) is 4.90 Å². The van der Waals surface area contributed by atoms with Gasteiger partial charge in [0.15, 0.2) is 9.84 Å². The Hall–Kier alpha value is -3.37. The predicted octanol–water partition coefficient (Wildman–Crippen LogP) is 3.94. The first-order valence-electron chi connectivity index (χ1n) is 9.46. The van der Waals surface area contributed by atoms with E-state index in [1.54, 1.807) is 54.6 Å². The van der Waals surface area contributed by atoms with Crippen LogP contribution >= 0.6 is 11.3 Å². The van der Waals surface area contributed by atoms with Crippen LogP contribution in [-0.4, -0.2) is 30.7 Å². The van der Waals surface area contributed by atoms with Gasteiger partial charge in [-0.3, -0.25) is 0 Å². The van der Waals surface area contributed by atoms with E-state index >= 15 is 0 Å². The molecule has 0 aliphatic carbocycles. The first kappa shape index (κ1) is 21.8. The molecule has 0 saturated carbocycles. The van der Waals surface area contributed by atoms with E-state index in [-0.39, 0.29) is 10.5 Å². The van der Waals surface area contributed by atoms with Crippen molar-refractivity contribution in [3.63, 3.8) is 0 Å². The van der Waals surface area contributed by atoms with E-state index in [4.69, 9.17) is 0 Å². The van der Waals surface area contributed by atoms with Crippen molar-refractivity contribution in [3.8, 4) is 33.0 Å². The maximum Gasteiger partial charge on any atom is 0.336 e. The molecule has 3 N–H and O–H groups in total. The van der Waals surface area contributed by atoms with Crippen LogP contribution in [0.5, 0.6) is 0 Å². The Labute approximate surface area is 188 Å². The van der Waals surface area contributed by atoms with E-state index in [0.29, 0.717) is 38.6 Å². The van der Waals surface area contributed by atoms with Crippen LogP contribution in [0.3, 0.4) is 0 Å². The Morgan fingerprint density at radius 1 is 1.00 bits per heavy atom. The predicted molar refractivity (Wildman–Crippen MR) is 123 cm³/mol. The monoisotopic (exact) mass is 466 g/mol. The third kappa shape index (κ3) is 4.32. The molecule has 0 radical (unpaired) electrons. The van der Waals surface area contributed by atoms with Crippen molar-refractivity contribution < 1.29 is 23.8 Å². The smallest absolute Gasteiger partial charge is 0.336 e. The molecule has 162 valence electrons. The zero-order valence-electron chi connectivity index (χ0n) is 16.8. The number of carboxylic acid groups (broad SMARTS) is 1. The molecule has 32 heavy (non-hydrogen) atoms. The summed E-state index contributed by atoms with van der Waals surface area (Å²) in [7, 11) is -3.28. The number of rotatable bonds is 6. The fourth-order valence-corrected chi connectivity index (χ4v) is 4.80. The summed E-state index contributed by atoms with van der Waals surface area (Å²) in [6.45, 7) is 0. The standard InChI is InChI=1S/C23H18N2O5S2/c1-32(29,30)16-9-6-14(7-10-16)21-13-31-22(24-21)15-8-11-17(19(12-15)23(26)27)18-4-2-3-5-20(18)25-28/h2-13H,25H2,1H3,(H,26,27). The molecule has 0 unspecified atom stereocenters. The highest BCUT2D eigenvalue weighted by Crippen LogP contribution is 2.34. The van der Waals surface area contributed by atoms with Crippen LogP contribution in [0.1, 0.15) is 10.4 Å². The van der Waals surface area contributed by atoms with Gasteiger partial charge in [-0.1, -0.05) is 36.4 Å². The van der Waals surface area contributed by atoms with Gasteiger partial charge in [-0.15, -0.1) is 11.3 Å². The quantitative estimate of drug-likeness (QED) is 0.328. The molecule has 0 atom stereocenters. The lowest BCUT2D eigenvalue weighted by Gasteiger charge is -2.12. The average molecular weight is 467 g/mol. The number of benzene rings is 3. The van der Waals surface area contributed by atoms with E-state index in [1.807, 2.05) is 5.38 Å². The van der Waals surface area contributed by atoms with Crippen LogP contribution in [0.2, 0.25) is 0 Å². The highest BCUT2D eigenvalue weighted by atomic mass is 32.2. The molecule has 0 amide bonds. The molecule has 7 nitrogen and oxygen atoms in total. The van der Waals surface area contributed by atoms with E-state index in [9.17, 15) is 23.5 Å². The lowest BCUT2D eigenvalue weighted by Crippen LogP contribution is -2.70. The number of hydrogen-bond acceptors (Lipinski definition) is 6. The number of quaternary nitrogens is 1. The molecule has 0 aliphatic heterocycles. The number of carbonyl (C=O) groups is 1. The Kier molecular flexibility index (Phi) is 5.90. The zero-order chi connectivity index (χ0) is 22.9. The van der Waals surface area contributed by atoms with E-state index in [0.717, 1.165) is 11.8 Å². The van der Waals surface area contributed by atoms with Crippen LogP contribution in [0.4, 0.5) is 5.69 Å². The van der Waals surface area contributed by atoms with Gasteiger partial charge in [0.05, 0.1) is 16.2 Å². The van der Waals surface area contributed by atoms with Gasteiger partial charge < -0.3 is 15.8 Å². The third-order valence-corrected chi connectivity index (χ3v) is 6.98. The van der Waals surface area contributed by atoms with E-state index in [2.05, 4.69) is 4.98 Å². The summed E-state index contributed by atoms with van der Waals surface area (Å²) in [5.74, 6) is -1.10. The second-order valence-corrected chi connectivity index (χ2v) is 9.98. The number of thiazole rings is 1. The summed E-state index contributed by atoms with van der Waals surface area (Å²) in [5, 5.41) is 23.6.